The maximum absolute atomic E-state index is 14.3. The zero-order chi connectivity index (χ0) is 21.3. The van der Waals surface area contributed by atoms with E-state index in [-0.39, 0.29) is 11.2 Å². The van der Waals surface area contributed by atoms with Crippen LogP contribution in [0.3, 0.4) is 0 Å². The number of hydrogen-bond donors (Lipinski definition) is 3. The molecular formula is C23H15FN6O. The van der Waals surface area contributed by atoms with Crippen molar-refractivity contribution >= 4 is 38.4 Å². The predicted octanol–water partition coefficient (Wildman–Crippen LogP) is 3.90. The summed E-state index contributed by atoms with van der Waals surface area (Å²) in [7, 11) is 0. The molecule has 150 valence electrons. The number of halogens is 1. The van der Waals surface area contributed by atoms with Crippen LogP contribution in [-0.4, -0.2) is 20.2 Å². The molecule has 7 nitrogen and oxygen atoms in total. The fraction of sp³-hybridized carbons (Fsp3) is 0.130. The number of benzene rings is 2. The highest BCUT2D eigenvalue weighted by atomic mass is 19.1. The van der Waals surface area contributed by atoms with Gasteiger partial charge in [-0.25, -0.2) is 4.39 Å². The molecule has 0 aliphatic heterocycles. The molecule has 0 saturated heterocycles. The van der Waals surface area contributed by atoms with E-state index in [1.165, 1.54) is 12.3 Å². The van der Waals surface area contributed by atoms with E-state index in [0.29, 0.717) is 32.9 Å². The van der Waals surface area contributed by atoms with Crippen molar-refractivity contribution in [2.24, 2.45) is 0 Å². The van der Waals surface area contributed by atoms with E-state index in [9.17, 15) is 14.4 Å². The van der Waals surface area contributed by atoms with Gasteiger partial charge in [0, 0.05) is 27.9 Å². The largest absolute Gasteiger partial charge is 0.394 e. The van der Waals surface area contributed by atoms with Gasteiger partial charge in [-0.3, -0.25) is 14.9 Å². The zero-order valence-corrected chi connectivity index (χ0v) is 16.2. The van der Waals surface area contributed by atoms with E-state index in [0.717, 1.165) is 23.8 Å². The lowest BCUT2D eigenvalue weighted by molar-refractivity contribution is 0.636. The van der Waals surface area contributed by atoms with Crippen LogP contribution in [0.1, 0.15) is 18.4 Å². The number of aromatic nitrogens is 4. The summed E-state index contributed by atoms with van der Waals surface area (Å²) < 4.78 is 14.3. The summed E-state index contributed by atoms with van der Waals surface area (Å²) in [6.45, 7) is 0. The van der Waals surface area contributed by atoms with Gasteiger partial charge in [0.25, 0.3) is 5.56 Å². The SMILES string of the molecule is N#CC1(c2cc3c(-c4ccc(F)c5[nH]ncc45)c(N)c(=O)[nH]c3c3cccnc23)CC1. The van der Waals surface area contributed by atoms with Gasteiger partial charge >= 0.3 is 0 Å². The quantitative estimate of drug-likeness (QED) is 0.381. The van der Waals surface area contributed by atoms with Crippen LogP contribution in [0.15, 0.2) is 47.5 Å². The molecule has 0 atom stereocenters. The highest BCUT2D eigenvalue weighted by Crippen LogP contribution is 2.51. The summed E-state index contributed by atoms with van der Waals surface area (Å²) in [6.07, 6.45) is 4.69. The maximum Gasteiger partial charge on any atom is 0.272 e. The number of pyridine rings is 2. The van der Waals surface area contributed by atoms with Gasteiger partial charge in [-0.05, 0) is 48.2 Å². The second-order valence-corrected chi connectivity index (χ2v) is 7.94. The Labute approximate surface area is 174 Å². The van der Waals surface area contributed by atoms with Crippen LogP contribution >= 0.6 is 0 Å². The van der Waals surface area contributed by atoms with Gasteiger partial charge in [0.2, 0.25) is 0 Å². The van der Waals surface area contributed by atoms with Gasteiger partial charge in [-0.15, -0.1) is 0 Å². The number of nitrogens with two attached hydrogens (primary N) is 1. The minimum atomic E-state index is -0.600. The molecule has 0 unspecified atom stereocenters. The molecule has 0 radical (unpaired) electrons. The molecule has 0 bridgehead atoms. The molecule has 1 saturated carbocycles. The maximum atomic E-state index is 14.3. The fourth-order valence-electron chi connectivity index (χ4n) is 4.46. The van der Waals surface area contributed by atoms with E-state index in [2.05, 4.69) is 26.2 Å². The second kappa shape index (κ2) is 5.89. The third-order valence-electron chi connectivity index (χ3n) is 6.23. The Hall–Kier alpha value is -4.25. The Morgan fingerprint density at radius 1 is 1.16 bits per heavy atom. The van der Waals surface area contributed by atoms with Crippen molar-refractivity contribution in [3.05, 3.63) is 64.5 Å². The first-order valence-corrected chi connectivity index (χ1v) is 9.81. The fourth-order valence-corrected chi connectivity index (χ4v) is 4.46. The molecule has 1 aliphatic carbocycles. The van der Waals surface area contributed by atoms with Gasteiger partial charge in [-0.2, -0.15) is 10.4 Å². The van der Waals surface area contributed by atoms with Gasteiger partial charge < -0.3 is 10.7 Å². The number of nitrogens with one attached hydrogen (secondary N) is 2. The molecule has 1 aliphatic rings. The Balaban J connectivity index is 1.84. The number of hydrogen-bond acceptors (Lipinski definition) is 5. The first-order chi connectivity index (χ1) is 15.0. The number of nitrogen functional groups attached to an aromatic ring is 1. The molecule has 3 heterocycles. The van der Waals surface area contributed by atoms with Crippen molar-refractivity contribution in [1.82, 2.24) is 20.2 Å². The molecule has 0 spiro atoms. The van der Waals surface area contributed by atoms with Gasteiger partial charge in [0.1, 0.15) is 17.0 Å². The topological polar surface area (TPSA) is 124 Å². The lowest BCUT2D eigenvalue weighted by Crippen LogP contribution is -2.15. The first kappa shape index (κ1) is 17.6. The average Bonchev–Trinajstić information content (AvgIpc) is 3.42. The van der Waals surface area contributed by atoms with E-state index < -0.39 is 16.8 Å². The summed E-state index contributed by atoms with van der Waals surface area (Å²) in [5.74, 6) is -0.444. The predicted molar refractivity (Wildman–Crippen MR) is 116 cm³/mol. The smallest absolute Gasteiger partial charge is 0.272 e. The number of aromatic amines is 2. The minimum Gasteiger partial charge on any atom is -0.394 e. The molecule has 31 heavy (non-hydrogen) atoms. The number of nitrogens with zero attached hydrogens (tertiary/aromatic N) is 3. The Morgan fingerprint density at radius 2 is 2.00 bits per heavy atom. The summed E-state index contributed by atoms with van der Waals surface area (Å²) in [5, 5.41) is 18.4. The van der Waals surface area contributed by atoms with E-state index in [1.807, 2.05) is 12.1 Å². The summed E-state index contributed by atoms with van der Waals surface area (Å²) in [4.78, 5) is 20.2. The van der Waals surface area contributed by atoms with Gasteiger partial charge in [-0.1, -0.05) is 6.07 Å². The van der Waals surface area contributed by atoms with Gasteiger partial charge in [0.15, 0.2) is 0 Å². The zero-order valence-electron chi connectivity index (χ0n) is 16.2. The van der Waals surface area contributed by atoms with Crippen molar-refractivity contribution in [1.29, 1.82) is 5.26 Å². The number of rotatable bonds is 2. The standard InChI is InChI=1S/C23H15FN6O/c24-16-4-3-11(14-9-28-30-21(14)16)17-13-8-15(23(10-25)5-6-23)20-12(2-1-7-27-20)19(13)29-22(31)18(17)26/h1-4,7-9H,5-6,26H2,(H,28,30)(H,29,31). The average molecular weight is 410 g/mol. The molecule has 5 aromatic rings. The molecule has 6 rings (SSSR count). The number of anilines is 1. The Morgan fingerprint density at radius 3 is 2.77 bits per heavy atom. The van der Waals surface area contributed by atoms with Crippen molar-refractivity contribution in [3.63, 3.8) is 0 Å². The lowest BCUT2D eigenvalue weighted by atomic mass is 9.89. The highest BCUT2D eigenvalue weighted by Gasteiger charge is 2.46. The van der Waals surface area contributed by atoms with Crippen LogP contribution in [0, 0.1) is 17.1 Å². The Bertz CT molecular complexity index is 1650. The van der Waals surface area contributed by atoms with Crippen LogP contribution in [0.2, 0.25) is 0 Å². The van der Waals surface area contributed by atoms with Crippen LogP contribution in [0.25, 0.3) is 43.8 Å². The van der Waals surface area contributed by atoms with E-state index >= 15 is 0 Å². The summed E-state index contributed by atoms with van der Waals surface area (Å²) in [6, 6.07) is 10.9. The minimum absolute atomic E-state index is 0.0256. The van der Waals surface area contributed by atoms with Crippen LogP contribution in [-0.2, 0) is 5.41 Å². The normalized spacial score (nSPS) is 14.8. The molecule has 3 aromatic heterocycles. The summed E-state index contributed by atoms with van der Waals surface area (Å²) >= 11 is 0. The van der Waals surface area contributed by atoms with Crippen LogP contribution in [0.4, 0.5) is 10.1 Å². The number of nitriles is 1. The van der Waals surface area contributed by atoms with Crippen molar-refractivity contribution < 1.29 is 4.39 Å². The number of H-pyrrole nitrogens is 2. The third-order valence-corrected chi connectivity index (χ3v) is 6.23. The van der Waals surface area contributed by atoms with E-state index in [4.69, 9.17) is 5.73 Å². The molecule has 8 heteroatoms. The van der Waals surface area contributed by atoms with Gasteiger partial charge in [0.05, 0.1) is 28.7 Å². The Kier molecular flexibility index (Phi) is 3.34. The molecular weight excluding hydrogens is 395 g/mol. The molecule has 4 N–H and O–H groups in total. The summed E-state index contributed by atoms with van der Waals surface area (Å²) in [5.41, 5.74) is 8.67. The molecule has 0 amide bonds. The number of fused-ring (bicyclic) bond motifs is 4. The lowest BCUT2D eigenvalue weighted by Gasteiger charge is -2.17. The third kappa shape index (κ3) is 2.28. The van der Waals surface area contributed by atoms with Crippen molar-refractivity contribution in [3.8, 4) is 17.2 Å². The monoisotopic (exact) mass is 410 g/mol. The second-order valence-electron chi connectivity index (χ2n) is 7.94. The first-order valence-electron chi connectivity index (χ1n) is 9.81. The van der Waals surface area contributed by atoms with Crippen molar-refractivity contribution in [2.45, 2.75) is 18.3 Å². The molecule has 1 fully saturated rings. The van der Waals surface area contributed by atoms with Crippen LogP contribution < -0.4 is 11.3 Å². The van der Waals surface area contributed by atoms with Crippen molar-refractivity contribution in [2.75, 3.05) is 5.73 Å². The highest BCUT2D eigenvalue weighted by molar-refractivity contribution is 6.15. The molecule has 2 aromatic carbocycles. The van der Waals surface area contributed by atoms with Crippen LogP contribution in [0.5, 0.6) is 0 Å². The van der Waals surface area contributed by atoms with E-state index in [1.54, 1.807) is 18.3 Å².